The van der Waals surface area contributed by atoms with Gasteiger partial charge in [-0.15, -0.1) is 0 Å². The van der Waals surface area contributed by atoms with E-state index in [9.17, 15) is 0 Å². The molecule has 0 aliphatic carbocycles. The summed E-state index contributed by atoms with van der Waals surface area (Å²) in [5, 5.41) is 0.831. The Kier molecular flexibility index (Phi) is 3.81. The molecule has 0 aliphatic heterocycles. The largest absolute Gasteiger partial charge is 0.134 e. The average Bonchev–Trinajstić information content (AvgIpc) is 2.00. The molecule has 0 unspecified atom stereocenters. The summed E-state index contributed by atoms with van der Waals surface area (Å²) in [7, 11) is 0. The van der Waals surface area contributed by atoms with Crippen molar-refractivity contribution in [3.05, 3.63) is 32.8 Å². The molecule has 0 saturated heterocycles. The van der Waals surface area contributed by atoms with E-state index >= 15 is 0 Å². The lowest BCUT2D eigenvalue weighted by Crippen LogP contribution is -1.85. The highest BCUT2D eigenvalue weighted by Gasteiger charge is 2.13. The number of benzene rings is 1. The fourth-order valence-electron chi connectivity index (χ4n) is 0.650. The van der Waals surface area contributed by atoms with Crippen LogP contribution >= 0.6 is 58.0 Å². The molecule has 0 aromatic heterocycles. The van der Waals surface area contributed by atoms with Gasteiger partial charge in [-0.2, -0.15) is 0 Å². The number of hydrogen-bond acceptors (Lipinski definition) is 0. The molecule has 0 aliphatic rings. The standard InChI is InChI=1S/C7H2Cl5/c8-4-2-1-3(7(11)12)5(9)6(4)10/h2,7H. The maximum Gasteiger partial charge on any atom is 0.134 e. The molecule has 1 radical (unpaired) electrons. The summed E-state index contributed by atoms with van der Waals surface area (Å²) >= 11 is 28.3. The molecule has 0 amide bonds. The highest BCUT2D eigenvalue weighted by molar-refractivity contribution is 6.50. The van der Waals surface area contributed by atoms with Crippen LogP contribution in [-0.2, 0) is 0 Å². The molecule has 0 atom stereocenters. The van der Waals surface area contributed by atoms with E-state index in [-0.39, 0.29) is 10.0 Å². The zero-order chi connectivity index (χ0) is 9.30. The zero-order valence-corrected chi connectivity index (χ0v) is 9.32. The molecule has 0 saturated carbocycles. The first-order valence-electron chi connectivity index (χ1n) is 2.87. The summed E-state index contributed by atoms with van der Waals surface area (Å²) in [4.78, 5) is -0.743. The molecule has 1 aromatic carbocycles. The van der Waals surface area contributed by atoms with E-state index < -0.39 is 4.84 Å². The Morgan fingerprint density at radius 1 is 1.08 bits per heavy atom. The van der Waals surface area contributed by atoms with Crippen LogP contribution in [0.15, 0.2) is 6.07 Å². The second-order valence-corrected chi connectivity index (χ2v) is 4.24. The summed E-state index contributed by atoms with van der Waals surface area (Å²) in [5.74, 6) is 0. The summed E-state index contributed by atoms with van der Waals surface area (Å²) in [6, 6.07) is 4.21. The highest BCUT2D eigenvalue weighted by Crippen LogP contribution is 2.38. The maximum absolute atomic E-state index is 5.78. The Morgan fingerprint density at radius 2 is 1.67 bits per heavy atom. The van der Waals surface area contributed by atoms with E-state index in [1.807, 2.05) is 0 Å². The van der Waals surface area contributed by atoms with Crippen molar-refractivity contribution in [3.63, 3.8) is 0 Å². The van der Waals surface area contributed by atoms with Gasteiger partial charge in [-0.25, -0.2) is 0 Å². The minimum atomic E-state index is -0.743. The molecule has 12 heavy (non-hydrogen) atoms. The lowest BCUT2D eigenvalue weighted by Gasteiger charge is -2.06. The number of rotatable bonds is 1. The van der Waals surface area contributed by atoms with Crippen molar-refractivity contribution in [2.24, 2.45) is 0 Å². The first-order chi connectivity index (χ1) is 5.54. The third-order valence-electron chi connectivity index (χ3n) is 1.21. The summed E-state index contributed by atoms with van der Waals surface area (Å²) in [6.45, 7) is 0. The van der Waals surface area contributed by atoms with E-state index in [0.29, 0.717) is 10.6 Å². The van der Waals surface area contributed by atoms with Crippen molar-refractivity contribution in [1.82, 2.24) is 0 Å². The normalized spacial score (nSPS) is 10.8. The van der Waals surface area contributed by atoms with Gasteiger partial charge >= 0.3 is 0 Å². The van der Waals surface area contributed by atoms with Crippen LogP contribution in [0.5, 0.6) is 0 Å². The molecular weight excluding hydrogens is 261 g/mol. The van der Waals surface area contributed by atoms with E-state index in [4.69, 9.17) is 58.0 Å². The van der Waals surface area contributed by atoms with Crippen LogP contribution in [0.4, 0.5) is 0 Å². The first kappa shape index (κ1) is 10.7. The predicted octanol–water partition coefficient (Wildman–Crippen LogP) is 4.92. The van der Waals surface area contributed by atoms with Crippen LogP contribution in [0.25, 0.3) is 0 Å². The first-order valence-corrected chi connectivity index (χ1v) is 4.88. The third-order valence-corrected chi connectivity index (χ3v) is 2.92. The van der Waals surface area contributed by atoms with Crippen molar-refractivity contribution in [1.29, 1.82) is 0 Å². The molecule has 5 heteroatoms. The summed E-state index contributed by atoms with van der Waals surface area (Å²) in [6.07, 6.45) is 0. The predicted molar refractivity (Wildman–Crippen MR) is 54.8 cm³/mol. The van der Waals surface area contributed by atoms with Crippen LogP contribution in [-0.4, -0.2) is 0 Å². The van der Waals surface area contributed by atoms with Gasteiger partial charge in [0.15, 0.2) is 0 Å². The van der Waals surface area contributed by atoms with Crippen molar-refractivity contribution < 1.29 is 0 Å². The van der Waals surface area contributed by atoms with Crippen molar-refractivity contribution in [2.45, 2.75) is 4.84 Å². The van der Waals surface area contributed by atoms with Gasteiger partial charge in [-0.3, -0.25) is 0 Å². The summed E-state index contributed by atoms with van der Waals surface area (Å²) in [5.41, 5.74) is 0.439. The van der Waals surface area contributed by atoms with Gasteiger partial charge in [-0.1, -0.05) is 58.0 Å². The topological polar surface area (TPSA) is 0 Å². The molecule has 0 N–H and O–H groups in total. The van der Waals surface area contributed by atoms with Gasteiger partial charge in [0.2, 0.25) is 0 Å². The molecule has 0 spiro atoms. The fourth-order valence-corrected chi connectivity index (χ4v) is 1.72. The van der Waals surface area contributed by atoms with Crippen molar-refractivity contribution in [2.75, 3.05) is 0 Å². The number of halogens is 5. The molecule has 0 bridgehead atoms. The quantitative estimate of drug-likeness (QED) is 0.498. The molecule has 1 aromatic rings. The molecule has 65 valence electrons. The van der Waals surface area contributed by atoms with E-state index in [2.05, 4.69) is 6.07 Å². The van der Waals surface area contributed by atoms with E-state index in [1.165, 1.54) is 6.07 Å². The number of alkyl halides is 2. The number of hydrogen-bond donors (Lipinski definition) is 0. The molecule has 0 fully saturated rings. The van der Waals surface area contributed by atoms with Gasteiger partial charge in [0.25, 0.3) is 0 Å². The van der Waals surface area contributed by atoms with Gasteiger partial charge < -0.3 is 0 Å². The second kappa shape index (κ2) is 4.26. The Balaban J connectivity index is 3.27. The van der Waals surface area contributed by atoms with E-state index in [0.717, 1.165) is 0 Å². The third kappa shape index (κ3) is 2.12. The second-order valence-electron chi connectivity index (χ2n) is 1.98. The van der Waals surface area contributed by atoms with E-state index in [1.54, 1.807) is 0 Å². The smallest absolute Gasteiger partial charge is 0.1000 e. The van der Waals surface area contributed by atoms with Crippen LogP contribution in [0.3, 0.4) is 0 Å². The summed E-state index contributed by atoms with van der Waals surface area (Å²) < 4.78 is 0. The van der Waals surface area contributed by atoms with Gasteiger partial charge in [0.1, 0.15) is 4.84 Å². The SMILES string of the molecule is Clc1c[c]c(C(Cl)Cl)c(Cl)c1Cl. The Morgan fingerprint density at radius 3 is 2.17 bits per heavy atom. The van der Waals surface area contributed by atoms with Crippen LogP contribution in [0, 0.1) is 6.07 Å². The monoisotopic (exact) mass is 261 g/mol. The van der Waals surface area contributed by atoms with Crippen LogP contribution in [0.1, 0.15) is 10.4 Å². The highest BCUT2D eigenvalue weighted by atomic mass is 35.5. The molecule has 0 heterocycles. The Bertz CT molecular complexity index is 294. The lowest BCUT2D eigenvalue weighted by atomic mass is 10.2. The van der Waals surface area contributed by atoms with Gasteiger partial charge in [-0.05, 0) is 12.1 Å². The average molecular weight is 263 g/mol. The molecular formula is C7H2Cl5. The van der Waals surface area contributed by atoms with Crippen molar-refractivity contribution >= 4 is 58.0 Å². The minimum absolute atomic E-state index is 0.249. The maximum atomic E-state index is 5.78. The van der Waals surface area contributed by atoms with Crippen molar-refractivity contribution in [3.8, 4) is 0 Å². The van der Waals surface area contributed by atoms with Gasteiger partial charge in [0, 0.05) is 5.56 Å². The van der Waals surface area contributed by atoms with Crippen LogP contribution in [0.2, 0.25) is 15.1 Å². The zero-order valence-electron chi connectivity index (χ0n) is 5.54. The fraction of sp³-hybridized carbons (Fsp3) is 0.143. The Labute approximate surface area is 95.3 Å². The van der Waals surface area contributed by atoms with Crippen LogP contribution < -0.4 is 0 Å². The molecule has 1 rings (SSSR count). The lowest BCUT2D eigenvalue weighted by molar-refractivity contribution is 1.34. The molecule has 0 nitrogen and oxygen atoms in total. The van der Waals surface area contributed by atoms with Gasteiger partial charge in [0.05, 0.1) is 15.1 Å². The minimum Gasteiger partial charge on any atom is -0.1000 e. The Hall–Kier alpha value is 0.670.